The number of hydrogen-bond donors (Lipinski definition) is 1. The molecule has 0 spiro atoms. The van der Waals surface area contributed by atoms with E-state index in [0.29, 0.717) is 5.56 Å². The number of benzene rings is 1. The molecular formula is C14H14F3NO4. The number of anilines is 1. The molecular weight excluding hydrogens is 303 g/mol. The van der Waals surface area contributed by atoms with Gasteiger partial charge in [0.1, 0.15) is 0 Å². The van der Waals surface area contributed by atoms with Gasteiger partial charge >= 0.3 is 18.2 Å². The predicted octanol–water partition coefficient (Wildman–Crippen LogP) is 3.37. The number of ether oxygens (including phenoxy) is 2. The average molecular weight is 317 g/mol. The molecule has 1 N–H and O–H groups in total. The number of carbonyl (C=O) groups is 2. The van der Waals surface area contributed by atoms with Crippen LogP contribution in [0.5, 0.6) is 0 Å². The van der Waals surface area contributed by atoms with Crippen LogP contribution in [0.1, 0.15) is 12.5 Å². The third kappa shape index (κ3) is 7.32. The van der Waals surface area contributed by atoms with Gasteiger partial charge in [0.25, 0.3) is 0 Å². The van der Waals surface area contributed by atoms with Crippen molar-refractivity contribution in [3.63, 3.8) is 0 Å². The van der Waals surface area contributed by atoms with E-state index in [-0.39, 0.29) is 12.3 Å². The van der Waals surface area contributed by atoms with E-state index in [2.05, 4.69) is 10.1 Å². The maximum Gasteiger partial charge on any atom is 0.422 e. The highest BCUT2D eigenvalue weighted by Crippen LogP contribution is 2.15. The molecule has 0 fully saturated rings. The van der Waals surface area contributed by atoms with Crippen LogP contribution in [-0.4, -0.2) is 31.5 Å². The zero-order valence-electron chi connectivity index (χ0n) is 11.6. The van der Waals surface area contributed by atoms with Crippen LogP contribution in [0.15, 0.2) is 30.3 Å². The van der Waals surface area contributed by atoms with Gasteiger partial charge in [-0.2, -0.15) is 13.2 Å². The molecule has 1 rings (SSSR count). The van der Waals surface area contributed by atoms with E-state index >= 15 is 0 Å². The fraction of sp³-hybridized carbons (Fsp3) is 0.286. The lowest BCUT2D eigenvalue weighted by Gasteiger charge is -2.09. The monoisotopic (exact) mass is 317 g/mol. The third-order valence-corrected chi connectivity index (χ3v) is 2.22. The van der Waals surface area contributed by atoms with E-state index in [9.17, 15) is 22.8 Å². The predicted molar refractivity (Wildman–Crippen MR) is 73.1 cm³/mol. The summed E-state index contributed by atoms with van der Waals surface area (Å²) in [6.45, 7) is 0.301. The van der Waals surface area contributed by atoms with Gasteiger partial charge in [0.15, 0.2) is 6.61 Å². The largest absolute Gasteiger partial charge is 0.463 e. The lowest BCUT2D eigenvalue weighted by Crippen LogP contribution is -2.23. The Balaban J connectivity index is 2.51. The Morgan fingerprint density at radius 3 is 2.36 bits per heavy atom. The summed E-state index contributed by atoms with van der Waals surface area (Å²) in [6.07, 6.45) is -3.03. The molecule has 0 aliphatic rings. The van der Waals surface area contributed by atoms with Gasteiger partial charge in [0, 0.05) is 11.8 Å². The van der Waals surface area contributed by atoms with Crippen molar-refractivity contribution < 1.29 is 32.2 Å². The highest BCUT2D eigenvalue weighted by molar-refractivity contribution is 5.87. The van der Waals surface area contributed by atoms with Crippen molar-refractivity contribution in [3.8, 4) is 0 Å². The average Bonchev–Trinajstić information content (AvgIpc) is 2.44. The van der Waals surface area contributed by atoms with Crippen LogP contribution in [0, 0.1) is 0 Å². The number of hydrogen-bond acceptors (Lipinski definition) is 4. The van der Waals surface area contributed by atoms with Crippen molar-refractivity contribution in [2.75, 3.05) is 18.5 Å². The standard InChI is InChI=1S/C14H14F3NO4/c1-2-21-12(19)8-5-10-3-6-11(7-4-10)18-13(20)22-9-14(15,16)17/h3-8H,2,9H2,1H3,(H,18,20). The molecule has 0 aromatic heterocycles. The van der Waals surface area contributed by atoms with Crippen molar-refractivity contribution in [2.45, 2.75) is 13.1 Å². The van der Waals surface area contributed by atoms with Gasteiger partial charge in [-0.05, 0) is 30.7 Å². The van der Waals surface area contributed by atoms with Gasteiger partial charge in [-0.1, -0.05) is 12.1 Å². The molecule has 0 heterocycles. The maximum atomic E-state index is 11.9. The first-order chi connectivity index (χ1) is 10.3. The van der Waals surface area contributed by atoms with Crippen LogP contribution in [-0.2, 0) is 14.3 Å². The number of rotatable bonds is 5. The quantitative estimate of drug-likeness (QED) is 0.668. The number of halogens is 3. The lowest BCUT2D eigenvalue weighted by atomic mass is 10.2. The van der Waals surface area contributed by atoms with Crippen molar-refractivity contribution in [3.05, 3.63) is 35.9 Å². The number of nitrogens with one attached hydrogen (secondary N) is 1. The summed E-state index contributed by atoms with van der Waals surface area (Å²) < 4.78 is 44.3. The Kier molecular flexibility index (Phi) is 6.43. The van der Waals surface area contributed by atoms with Crippen molar-refractivity contribution in [2.24, 2.45) is 0 Å². The van der Waals surface area contributed by atoms with Gasteiger partial charge in [0.2, 0.25) is 0 Å². The van der Waals surface area contributed by atoms with E-state index in [1.165, 1.54) is 24.3 Å². The Hall–Kier alpha value is -2.51. The molecule has 0 saturated heterocycles. The SMILES string of the molecule is CCOC(=O)C=Cc1ccc(NC(=O)OCC(F)(F)F)cc1. The number of carbonyl (C=O) groups excluding carboxylic acids is 2. The highest BCUT2D eigenvalue weighted by atomic mass is 19.4. The first-order valence-electron chi connectivity index (χ1n) is 6.25. The van der Waals surface area contributed by atoms with Gasteiger partial charge in [-0.25, -0.2) is 9.59 Å². The Morgan fingerprint density at radius 2 is 1.82 bits per heavy atom. The number of esters is 1. The molecule has 22 heavy (non-hydrogen) atoms. The van der Waals surface area contributed by atoms with Gasteiger partial charge in [-0.3, -0.25) is 5.32 Å². The van der Waals surface area contributed by atoms with E-state index in [4.69, 9.17) is 4.74 Å². The molecule has 0 saturated carbocycles. The Bertz CT molecular complexity index is 538. The van der Waals surface area contributed by atoms with Crippen LogP contribution in [0.3, 0.4) is 0 Å². The second-order valence-electron chi connectivity index (χ2n) is 4.02. The summed E-state index contributed by atoms with van der Waals surface area (Å²) in [5, 5.41) is 2.15. The Morgan fingerprint density at radius 1 is 1.18 bits per heavy atom. The molecule has 0 unspecified atom stereocenters. The van der Waals surface area contributed by atoms with Crippen molar-refractivity contribution >= 4 is 23.8 Å². The van der Waals surface area contributed by atoms with Crippen LogP contribution in [0.2, 0.25) is 0 Å². The first-order valence-corrected chi connectivity index (χ1v) is 6.25. The topological polar surface area (TPSA) is 64.6 Å². The molecule has 5 nitrogen and oxygen atoms in total. The third-order valence-electron chi connectivity index (χ3n) is 2.22. The minimum absolute atomic E-state index is 0.264. The fourth-order valence-electron chi connectivity index (χ4n) is 1.33. The zero-order chi connectivity index (χ0) is 16.6. The Labute approximate surface area is 124 Å². The van der Waals surface area contributed by atoms with Crippen LogP contribution in [0.4, 0.5) is 23.7 Å². The molecule has 0 atom stereocenters. The van der Waals surface area contributed by atoms with Crippen LogP contribution in [0.25, 0.3) is 6.08 Å². The summed E-state index contributed by atoms with van der Waals surface area (Å²) in [5.41, 5.74) is 0.919. The number of amides is 1. The summed E-state index contributed by atoms with van der Waals surface area (Å²) in [6, 6.07) is 6.05. The molecule has 8 heteroatoms. The van der Waals surface area contributed by atoms with E-state index < -0.39 is 24.8 Å². The second-order valence-corrected chi connectivity index (χ2v) is 4.02. The first kappa shape index (κ1) is 17.5. The molecule has 0 bridgehead atoms. The maximum absolute atomic E-state index is 11.9. The van der Waals surface area contributed by atoms with E-state index in [1.54, 1.807) is 19.1 Å². The molecule has 1 aromatic rings. The normalized spacial score (nSPS) is 11.3. The van der Waals surface area contributed by atoms with Gasteiger partial charge in [-0.15, -0.1) is 0 Å². The molecule has 0 aliphatic carbocycles. The second kappa shape index (κ2) is 8.06. The summed E-state index contributed by atoms with van der Waals surface area (Å²) >= 11 is 0. The van der Waals surface area contributed by atoms with E-state index in [0.717, 1.165) is 0 Å². The zero-order valence-corrected chi connectivity index (χ0v) is 11.6. The molecule has 120 valence electrons. The molecule has 1 amide bonds. The van der Waals surface area contributed by atoms with Crippen LogP contribution >= 0.6 is 0 Å². The summed E-state index contributed by atoms with van der Waals surface area (Å²) in [5.74, 6) is -0.486. The van der Waals surface area contributed by atoms with Gasteiger partial charge in [0.05, 0.1) is 6.61 Å². The summed E-state index contributed by atoms with van der Waals surface area (Å²) in [7, 11) is 0. The van der Waals surface area contributed by atoms with Crippen LogP contribution < -0.4 is 5.32 Å². The minimum Gasteiger partial charge on any atom is -0.463 e. The molecule has 0 aliphatic heterocycles. The highest BCUT2D eigenvalue weighted by Gasteiger charge is 2.29. The molecule has 0 radical (unpaired) electrons. The van der Waals surface area contributed by atoms with Gasteiger partial charge < -0.3 is 9.47 Å². The number of alkyl halides is 3. The minimum atomic E-state index is -4.57. The smallest absolute Gasteiger partial charge is 0.422 e. The molecule has 1 aromatic carbocycles. The lowest BCUT2D eigenvalue weighted by molar-refractivity contribution is -0.159. The van der Waals surface area contributed by atoms with Crippen molar-refractivity contribution in [1.82, 2.24) is 0 Å². The summed E-state index contributed by atoms with van der Waals surface area (Å²) in [4.78, 5) is 22.2. The van der Waals surface area contributed by atoms with Crippen molar-refractivity contribution in [1.29, 1.82) is 0 Å². The van der Waals surface area contributed by atoms with E-state index in [1.807, 2.05) is 0 Å². The fourth-order valence-corrected chi connectivity index (χ4v) is 1.33.